The molecule has 0 saturated carbocycles. The molecule has 92 valence electrons. The molecular weight excluding hydrogens is 252 g/mol. The zero-order chi connectivity index (χ0) is 11.6. The Balaban J connectivity index is 0.00000225. The summed E-state index contributed by atoms with van der Waals surface area (Å²) in [4.78, 5) is -0.262. The summed E-state index contributed by atoms with van der Waals surface area (Å²) in [6.45, 7) is 1.95. The summed E-state index contributed by atoms with van der Waals surface area (Å²) in [6, 6.07) is 3.04. The second kappa shape index (κ2) is 5.49. The highest BCUT2D eigenvalue weighted by Gasteiger charge is 2.17. The van der Waals surface area contributed by atoms with E-state index >= 15 is 0 Å². The van der Waals surface area contributed by atoms with Crippen LogP contribution in [0.2, 0.25) is 0 Å². The Hall–Kier alpha value is -0.820. The number of hydrogen-bond acceptors (Lipinski definition) is 4. The molecule has 0 aliphatic carbocycles. The number of phenols is 1. The molecular formula is C9H15ClN2O3S. The van der Waals surface area contributed by atoms with Gasteiger partial charge in [0.15, 0.2) is 0 Å². The number of nitrogens with two attached hydrogens (primary N) is 2. The number of phenolic OH excluding ortho intramolecular Hbond substituents is 1. The zero-order valence-electron chi connectivity index (χ0n) is 8.80. The van der Waals surface area contributed by atoms with Crippen molar-refractivity contribution < 1.29 is 13.5 Å². The minimum absolute atomic E-state index is 0. The number of primary sulfonamides is 1. The van der Waals surface area contributed by atoms with Gasteiger partial charge >= 0.3 is 0 Å². The van der Waals surface area contributed by atoms with Gasteiger partial charge < -0.3 is 10.8 Å². The van der Waals surface area contributed by atoms with Crippen LogP contribution in [0.3, 0.4) is 0 Å². The molecule has 0 aliphatic heterocycles. The van der Waals surface area contributed by atoms with Crippen LogP contribution in [0.4, 0.5) is 0 Å². The first-order chi connectivity index (χ1) is 6.90. The van der Waals surface area contributed by atoms with E-state index in [2.05, 4.69) is 0 Å². The first-order valence-electron chi connectivity index (χ1n) is 4.47. The molecule has 0 bridgehead atoms. The number of benzene rings is 1. The largest absolute Gasteiger partial charge is 0.506 e. The first kappa shape index (κ1) is 15.2. The quantitative estimate of drug-likeness (QED) is 0.740. The lowest BCUT2D eigenvalue weighted by Crippen LogP contribution is -2.14. The third-order valence-electron chi connectivity index (χ3n) is 2.15. The maximum atomic E-state index is 11.2. The fourth-order valence-corrected chi connectivity index (χ4v) is 2.02. The second-order valence-electron chi connectivity index (χ2n) is 3.20. The highest BCUT2D eigenvalue weighted by Crippen LogP contribution is 2.27. The topological polar surface area (TPSA) is 106 Å². The van der Waals surface area contributed by atoms with Crippen LogP contribution < -0.4 is 10.9 Å². The summed E-state index contributed by atoms with van der Waals surface area (Å²) >= 11 is 0. The van der Waals surface area contributed by atoms with Crippen molar-refractivity contribution in [3.8, 4) is 5.75 Å². The van der Waals surface area contributed by atoms with Crippen LogP contribution in [0.15, 0.2) is 17.0 Å². The molecule has 5 nitrogen and oxygen atoms in total. The highest BCUT2D eigenvalue weighted by molar-refractivity contribution is 7.89. The van der Waals surface area contributed by atoms with Gasteiger partial charge in [-0.2, -0.15) is 0 Å². The lowest BCUT2D eigenvalue weighted by atomic mass is 10.1. The van der Waals surface area contributed by atoms with Gasteiger partial charge in [0.2, 0.25) is 10.0 Å². The molecule has 0 aliphatic rings. The molecule has 1 aromatic carbocycles. The van der Waals surface area contributed by atoms with Gasteiger partial charge in [-0.1, -0.05) is 13.0 Å². The van der Waals surface area contributed by atoms with Crippen molar-refractivity contribution in [1.82, 2.24) is 0 Å². The van der Waals surface area contributed by atoms with E-state index in [9.17, 15) is 13.5 Å². The predicted octanol–water partition coefficient (Wildman–Crippen LogP) is 0.482. The van der Waals surface area contributed by atoms with Crippen molar-refractivity contribution in [3.05, 3.63) is 23.3 Å². The summed E-state index contributed by atoms with van der Waals surface area (Å²) in [5.41, 5.74) is 6.55. The highest BCUT2D eigenvalue weighted by atomic mass is 35.5. The van der Waals surface area contributed by atoms with Gasteiger partial charge in [-0.15, -0.1) is 12.4 Å². The Labute approximate surface area is 101 Å². The summed E-state index contributed by atoms with van der Waals surface area (Å²) in [5, 5.41) is 14.6. The average Bonchev–Trinajstić information content (AvgIpc) is 2.16. The first-order valence-corrected chi connectivity index (χ1v) is 6.02. The maximum Gasteiger partial charge on any atom is 0.241 e. The van der Waals surface area contributed by atoms with Crippen LogP contribution in [-0.2, 0) is 23.0 Å². The van der Waals surface area contributed by atoms with Crippen molar-refractivity contribution in [2.45, 2.75) is 24.8 Å². The summed E-state index contributed by atoms with van der Waals surface area (Å²) in [7, 11) is -3.90. The third-order valence-corrected chi connectivity index (χ3v) is 3.07. The van der Waals surface area contributed by atoms with Gasteiger partial charge in [-0.05, 0) is 18.1 Å². The van der Waals surface area contributed by atoms with Gasteiger partial charge in [0, 0.05) is 12.1 Å². The molecule has 16 heavy (non-hydrogen) atoms. The van der Waals surface area contributed by atoms with Crippen molar-refractivity contribution in [1.29, 1.82) is 0 Å². The number of halogens is 1. The van der Waals surface area contributed by atoms with E-state index < -0.39 is 10.0 Å². The fraction of sp³-hybridized carbons (Fsp3) is 0.333. The summed E-state index contributed by atoms with van der Waals surface area (Å²) in [6.07, 6.45) is 0.649. The number of rotatable bonds is 3. The van der Waals surface area contributed by atoms with E-state index in [0.717, 1.165) is 5.56 Å². The molecule has 0 amide bonds. The number of aromatic hydroxyl groups is 1. The van der Waals surface area contributed by atoms with E-state index in [-0.39, 0.29) is 29.6 Å². The van der Waals surface area contributed by atoms with Gasteiger partial charge in [0.25, 0.3) is 0 Å². The van der Waals surface area contributed by atoms with E-state index in [0.29, 0.717) is 12.0 Å². The Bertz CT molecular complexity index is 474. The van der Waals surface area contributed by atoms with Crippen LogP contribution >= 0.6 is 12.4 Å². The Morgan fingerprint density at radius 1 is 1.38 bits per heavy atom. The summed E-state index contributed by atoms with van der Waals surface area (Å²) < 4.78 is 22.3. The zero-order valence-corrected chi connectivity index (χ0v) is 10.4. The second-order valence-corrected chi connectivity index (χ2v) is 4.73. The molecule has 5 N–H and O–H groups in total. The smallest absolute Gasteiger partial charge is 0.241 e. The molecule has 0 saturated heterocycles. The monoisotopic (exact) mass is 266 g/mol. The van der Waals surface area contributed by atoms with Crippen molar-refractivity contribution >= 4 is 22.4 Å². The van der Waals surface area contributed by atoms with Crippen LogP contribution in [0, 0.1) is 0 Å². The molecule has 0 heterocycles. The Kier molecular flexibility index (Phi) is 5.21. The van der Waals surface area contributed by atoms with E-state index in [4.69, 9.17) is 10.9 Å². The standard InChI is InChI=1S/C9H14N2O3S.ClH/c1-2-6-3-7(5-10)9(12)8(4-6)15(11,13)14;/h3-4,12H,2,5,10H2,1H3,(H2,11,13,14);1H. The third kappa shape index (κ3) is 3.08. The minimum atomic E-state index is -3.90. The fourth-order valence-electron chi connectivity index (χ4n) is 1.31. The maximum absolute atomic E-state index is 11.2. The molecule has 1 rings (SSSR count). The molecule has 7 heteroatoms. The van der Waals surface area contributed by atoms with Gasteiger partial charge in [0.1, 0.15) is 10.6 Å². The lowest BCUT2D eigenvalue weighted by molar-refractivity contribution is 0.451. The molecule has 0 unspecified atom stereocenters. The molecule has 0 fully saturated rings. The SMILES string of the molecule is CCc1cc(CN)c(O)c(S(N)(=O)=O)c1.Cl. The van der Waals surface area contributed by atoms with Crippen molar-refractivity contribution in [2.24, 2.45) is 10.9 Å². The van der Waals surface area contributed by atoms with Gasteiger partial charge in [0.05, 0.1) is 0 Å². The van der Waals surface area contributed by atoms with E-state index in [1.54, 1.807) is 6.07 Å². The van der Waals surface area contributed by atoms with Crippen LogP contribution in [0.5, 0.6) is 5.75 Å². The molecule has 0 radical (unpaired) electrons. The van der Waals surface area contributed by atoms with Crippen LogP contribution in [-0.4, -0.2) is 13.5 Å². The average molecular weight is 267 g/mol. The number of aryl methyl sites for hydroxylation is 1. The number of sulfonamides is 1. The predicted molar refractivity (Wildman–Crippen MR) is 64.0 cm³/mol. The van der Waals surface area contributed by atoms with Gasteiger partial charge in [-0.3, -0.25) is 0 Å². The molecule has 0 spiro atoms. The van der Waals surface area contributed by atoms with Crippen molar-refractivity contribution in [2.75, 3.05) is 0 Å². The molecule has 0 aromatic heterocycles. The Morgan fingerprint density at radius 3 is 2.31 bits per heavy atom. The normalized spacial score (nSPS) is 10.9. The lowest BCUT2D eigenvalue weighted by Gasteiger charge is -2.09. The van der Waals surface area contributed by atoms with Crippen LogP contribution in [0.25, 0.3) is 0 Å². The van der Waals surface area contributed by atoms with E-state index in [1.807, 2.05) is 6.92 Å². The van der Waals surface area contributed by atoms with Crippen molar-refractivity contribution in [3.63, 3.8) is 0 Å². The van der Waals surface area contributed by atoms with Crippen LogP contribution in [0.1, 0.15) is 18.1 Å². The van der Waals surface area contributed by atoms with E-state index in [1.165, 1.54) is 6.07 Å². The number of hydrogen-bond donors (Lipinski definition) is 3. The molecule has 0 atom stereocenters. The van der Waals surface area contributed by atoms with Gasteiger partial charge in [-0.25, -0.2) is 13.6 Å². The Morgan fingerprint density at radius 2 is 1.94 bits per heavy atom. The minimum Gasteiger partial charge on any atom is -0.506 e. The summed E-state index contributed by atoms with van der Waals surface area (Å²) in [5.74, 6) is -0.350. The molecule has 1 aromatic rings.